The monoisotopic (exact) mass is 475 g/mol. The quantitative estimate of drug-likeness (QED) is 0.328. The molecule has 9 heteroatoms. The van der Waals surface area contributed by atoms with Gasteiger partial charge in [-0.3, -0.25) is 9.59 Å². The number of carbonyl (C=O) groups excluding carboxylic acids is 4. The fraction of sp³-hybridized carbons (Fsp3) is 0.680. The van der Waals surface area contributed by atoms with Crippen LogP contribution >= 0.6 is 0 Å². The Kier molecular flexibility index (Phi) is 9.97. The topological polar surface area (TPSA) is 105 Å². The molecule has 34 heavy (non-hydrogen) atoms. The average Bonchev–Trinajstić information content (AvgIpc) is 2.73. The van der Waals surface area contributed by atoms with E-state index in [1.165, 1.54) is 6.08 Å². The van der Waals surface area contributed by atoms with E-state index in [1.54, 1.807) is 16.7 Å². The zero-order valence-electron chi connectivity index (χ0n) is 20.7. The molecule has 1 N–H and O–H groups in total. The van der Waals surface area contributed by atoms with Crippen molar-refractivity contribution in [1.29, 1.82) is 0 Å². The van der Waals surface area contributed by atoms with Crippen LogP contribution in [0.2, 0.25) is 0 Å². The highest BCUT2D eigenvalue weighted by Gasteiger charge is 2.33. The molecule has 2 aliphatic rings. The fourth-order valence-electron chi connectivity index (χ4n) is 3.90. The summed E-state index contributed by atoms with van der Waals surface area (Å²) in [4.78, 5) is 52.6. The summed E-state index contributed by atoms with van der Waals surface area (Å²) in [7, 11) is 0. The van der Waals surface area contributed by atoms with E-state index in [1.807, 2.05) is 26.8 Å². The van der Waals surface area contributed by atoms with Crippen molar-refractivity contribution in [2.24, 2.45) is 11.8 Å². The van der Waals surface area contributed by atoms with Gasteiger partial charge < -0.3 is 24.6 Å². The van der Waals surface area contributed by atoms with Crippen molar-refractivity contribution < 1.29 is 28.7 Å². The lowest BCUT2D eigenvalue weighted by atomic mass is 9.95. The lowest BCUT2D eigenvalue weighted by Gasteiger charge is -2.39. The van der Waals surface area contributed by atoms with Crippen LogP contribution in [-0.4, -0.2) is 78.1 Å². The van der Waals surface area contributed by atoms with E-state index in [2.05, 4.69) is 11.2 Å². The summed E-state index contributed by atoms with van der Waals surface area (Å²) < 4.78 is 10.3. The number of hydrogen-bond donors (Lipinski definition) is 1. The fourth-order valence-corrected chi connectivity index (χ4v) is 3.90. The molecule has 0 bridgehead atoms. The molecule has 2 fully saturated rings. The summed E-state index contributed by atoms with van der Waals surface area (Å²) in [6, 6.07) is -0.883. The second kappa shape index (κ2) is 12.4. The Hall–Kier alpha value is -3.02. The molecule has 0 aromatic rings. The zero-order chi connectivity index (χ0) is 25.3. The van der Waals surface area contributed by atoms with E-state index in [9.17, 15) is 19.2 Å². The summed E-state index contributed by atoms with van der Waals surface area (Å²) >= 11 is 0. The van der Waals surface area contributed by atoms with Gasteiger partial charge in [0.05, 0.1) is 12.5 Å². The molecular formula is C25H37N3O6. The molecule has 2 atom stereocenters. The molecule has 3 amide bonds. The maximum Gasteiger partial charge on any atom is 0.410 e. The number of nitrogens with zero attached hydrogens (tertiary/aromatic N) is 2. The lowest BCUT2D eigenvalue weighted by molar-refractivity contribution is -0.148. The van der Waals surface area contributed by atoms with Gasteiger partial charge in [-0.15, -0.1) is 12.3 Å². The first-order valence-corrected chi connectivity index (χ1v) is 11.9. The summed E-state index contributed by atoms with van der Waals surface area (Å²) in [6.45, 7) is 9.48. The van der Waals surface area contributed by atoms with Crippen LogP contribution in [0.5, 0.6) is 0 Å². The molecule has 2 rings (SSSR count). The average molecular weight is 476 g/mol. The highest BCUT2D eigenvalue weighted by Crippen LogP contribution is 2.23. The van der Waals surface area contributed by atoms with Gasteiger partial charge in [-0.2, -0.15) is 0 Å². The number of piperidine rings is 1. The van der Waals surface area contributed by atoms with Gasteiger partial charge in [0.15, 0.2) is 0 Å². The standard InChI is InChI=1S/C25H37N3O6/c1-6-10-20(23(31)33-7-2)26-22(30)19-12-9-14-27(17-19)21(29)13-8-11-18-15-28(16-18)24(32)34-25(3,4)5/h1,8,13,18-20H,7,9-12,14-17H2,2-5H3,(H,26,30)/b13-8+/t19-,20+/m1/s1. The largest absolute Gasteiger partial charge is 0.464 e. The predicted molar refractivity (Wildman–Crippen MR) is 126 cm³/mol. The van der Waals surface area contributed by atoms with Crippen molar-refractivity contribution in [3.63, 3.8) is 0 Å². The molecule has 0 unspecified atom stereocenters. The molecule has 0 saturated carbocycles. The molecule has 0 aromatic heterocycles. The van der Waals surface area contributed by atoms with E-state index >= 15 is 0 Å². The van der Waals surface area contributed by atoms with Gasteiger partial charge >= 0.3 is 12.1 Å². The third-order valence-electron chi connectivity index (χ3n) is 5.65. The molecule has 2 aliphatic heterocycles. The molecular weight excluding hydrogens is 438 g/mol. The summed E-state index contributed by atoms with van der Waals surface area (Å²) in [5, 5.41) is 2.68. The molecule has 2 heterocycles. The molecule has 0 radical (unpaired) electrons. The second-order valence-electron chi connectivity index (χ2n) is 9.73. The van der Waals surface area contributed by atoms with Gasteiger partial charge in [-0.1, -0.05) is 6.08 Å². The van der Waals surface area contributed by atoms with E-state index < -0.39 is 23.5 Å². The first kappa shape index (κ1) is 27.2. The van der Waals surface area contributed by atoms with Gasteiger partial charge in [-0.05, 0) is 59.0 Å². The zero-order valence-corrected chi connectivity index (χ0v) is 20.7. The summed E-state index contributed by atoms with van der Waals surface area (Å²) in [6.07, 6.45) is 10.4. The molecule has 0 aromatic carbocycles. The minimum atomic E-state index is -0.883. The number of terminal acetylenes is 1. The Labute approximate surface area is 202 Å². The van der Waals surface area contributed by atoms with E-state index in [0.29, 0.717) is 44.8 Å². The van der Waals surface area contributed by atoms with Crippen LogP contribution in [0.15, 0.2) is 12.2 Å². The van der Waals surface area contributed by atoms with E-state index in [-0.39, 0.29) is 37.5 Å². The van der Waals surface area contributed by atoms with Crippen LogP contribution in [0.25, 0.3) is 0 Å². The summed E-state index contributed by atoms with van der Waals surface area (Å²) in [5.74, 6) is 1.28. The van der Waals surface area contributed by atoms with Crippen molar-refractivity contribution in [2.45, 2.75) is 65.0 Å². The number of carbonyl (C=O) groups is 4. The van der Waals surface area contributed by atoms with Gasteiger partial charge in [-0.25, -0.2) is 9.59 Å². The number of likely N-dealkylation sites (tertiary alicyclic amines) is 2. The smallest absolute Gasteiger partial charge is 0.410 e. The highest BCUT2D eigenvalue weighted by atomic mass is 16.6. The molecule has 0 aliphatic carbocycles. The molecule has 2 saturated heterocycles. The Morgan fingerprint density at radius 1 is 1.18 bits per heavy atom. The number of rotatable bonds is 8. The first-order valence-electron chi connectivity index (χ1n) is 11.9. The SMILES string of the molecule is C#CC[C@H](NC(=O)[C@@H]1CCCN(C(=O)/C=C/CC2CN(C(=O)OC(C)(C)C)C2)C1)C(=O)OCC. The Balaban J connectivity index is 1.78. The normalized spacial score (nSPS) is 19.7. The van der Waals surface area contributed by atoms with Gasteiger partial charge in [0, 0.05) is 32.6 Å². The highest BCUT2D eigenvalue weighted by molar-refractivity contribution is 5.89. The lowest BCUT2D eigenvalue weighted by Crippen LogP contribution is -2.51. The third-order valence-corrected chi connectivity index (χ3v) is 5.65. The van der Waals surface area contributed by atoms with Crippen LogP contribution in [0, 0.1) is 24.2 Å². The van der Waals surface area contributed by atoms with Crippen LogP contribution < -0.4 is 5.32 Å². The van der Waals surface area contributed by atoms with Crippen LogP contribution in [0.4, 0.5) is 4.79 Å². The second-order valence-corrected chi connectivity index (χ2v) is 9.73. The molecule has 188 valence electrons. The first-order chi connectivity index (χ1) is 16.0. The minimum Gasteiger partial charge on any atom is -0.464 e. The van der Waals surface area contributed by atoms with E-state index in [0.717, 1.165) is 0 Å². The predicted octanol–water partition coefficient (Wildman–Crippen LogP) is 2.11. The Morgan fingerprint density at radius 3 is 2.50 bits per heavy atom. The van der Waals surface area contributed by atoms with Crippen LogP contribution in [0.1, 0.15) is 53.4 Å². The minimum absolute atomic E-state index is 0.0508. The maximum atomic E-state index is 12.7. The van der Waals surface area contributed by atoms with Crippen molar-refractivity contribution in [3.05, 3.63) is 12.2 Å². The van der Waals surface area contributed by atoms with Crippen LogP contribution in [0.3, 0.4) is 0 Å². The van der Waals surface area contributed by atoms with Gasteiger partial charge in [0.25, 0.3) is 0 Å². The number of nitrogens with one attached hydrogen (secondary N) is 1. The number of ether oxygens (including phenoxy) is 2. The number of hydrogen-bond acceptors (Lipinski definition) is 6. The molecule has 9 nitrogen and oxygen atoms in total. The Bertz CT molecular complexity index is 819. The van der Waals surface area contributed by atoms with Crippen molar-refractivity contribution in [1.82, 2.24) is 15.1 Å². The van der Waals surface area contributed by atoms with E-state index in [4.69, 9.17) is 15.9 Å². The van der Waals surface area contributed by atoms with Gasteiger partial charge in [0.1, 0.15) is 11.6 Å². The van der Waals surface area contributed by atoms with Crippen molar-refractivity contribution in [2.75, 3.05) is 32.8 Å². The van der Waals surface area contributed by atoms with Crippen molar-refractivity contribution in [3.8, 4) is 12.3 Å². The Morgan fingerprint density at radius 2 is 1.88 bits per heavy atom. The number of esters is 1. The summed E-state index contributed by atoms with van der Waals surface area (Å²) in [5.41, 5.74) is -0.515. The third kappa shape index (κ3) is 8.40. The van der Waals surface area contributed by atoms with Crippen molar-refractivity contribution >= 4 is 23.9 Å². The maximum absolute atomic E-state index is 12.7. The number of allylic oxidation sites excluding steroid dienone is 1. The number of amides is 3. The molecule has 0 spiro atoms. The van der Waals surface area contributed by atoms with Gasteiger partial charge in [0.2, 0.25) is 11.8 Å². The van der Waals surface area contributed by atoms with Crippen LogP contribution in [-0.2, 0) is 23.9 Å².